The largest absolute Gasteiger partial charge is 0.493 e. The molecule has 0 aliphatic carbocycles. The van der Waals surface area contributed by atoms with Gasteiger partial charge in [0.1, 0.15) is 23.9 Å². The number of carbonyl (C=O) groups excluding carboxylic acids is 1. The average Bonchev–Trinajstić information content (AvgIpc) is 3.28. The Hall–Kier alpha value is -3.43. The molecule has 0 spiro atoms. The summed E-state index contributed by atoms with van der Waals surface area (Å²) in [5.74, 6) is 1.05. The molecule has 2 N–H and O–H groups in total. The molecule has 0 bridgehead atoms. The molecule has 1 aliphatic rings. The molecule has 3 aromatic rings. The topological polar surface area (TPSA) is 89.5 Å². The summed E-state index contributed by atoms with van der Waals surface area (Å²) in [4.78, 5) is 15.0. The van der Waals surface area contributed by atoms with Crippen LogP contribution in [-0.2, 0) is 21.2 Å². The van der Waals surface area contributed by atoms with Crippen LogP contribution in [0, 0.1) is 11.2 Å². The quantitative estimate of drug-likeness (QED) is 0.287. The molecule has 1 atom stereocenters. The van der Waals surface area contributed by atoms with Gasteiger partial charge in [0, 0.05) is 36.6 Å². The van der Waals surface area contributed by atoms with Crippen LogP contribution in [0.25, 0.3) is 11.1 Å². The number of hydrogen-bond donors (Lipinski definition) is 1. The summed E-state index contributed by atoms with van der Waals surface area (Å²) in [5, 5.41) is 2.22. The molecule has 7 nitrogen and oxygen atoms in total. The molecule has 1 heterocycles. The number of hydrogen-bond acceptors (Lipinski definition) is 5. The molecule has 41 heavy (non-hydrogen) atoms. The van der Waals surface area contributed by atoms with Crippen molar-refractivity contribution in [1.82, 2.24) is 0 Å². The maximum Gasteiger partial charge on any atom is 0.227 e. The first kappa shape index (κ1) is 30.5. The van der Waals surface area contributed by atoms with Crippen LogP contribution in [0.3, 0.4) is 0 Å². The molecule has 1 aliphatic heterocycles. The number of sulfone groups is 1. The lowest BCUT2D eigenvalue weighted by molar-refractivity contribution is -0.672. The highest BCUT2D eigenvalue weighted by Gasteiger charge is 2.43. The van der Waals surface area contributed by atoms with Crippen molar-refractivity contribution in [2.45, 2.75) is 51.5 Å². The van der Waals surface area contributed by atoms with E-state index in [0.29, 0.717) is 49.9 Å². The predicted octanol–water partition coefficient (Wildman–Crippen LogP) is 4.98. The van der Waals surface area contributed by atoms with Crippen molar-refractivity contribution in [3.05, 3.63) is 72.0 Å². The molecule has 0 saturated carbocycles. The second-order valence-electron chi connectivity index (χ2n) is 10.6. The van der Waals surface area contributed by atoms with Gasteiger partial charge in [0.25, 0.3) is 0 Å². The zero-order valence-corrected chi connectivity index (χ0v) is 25.1. The SMILES string of the molecule is CCOc1cc(C[NH2+]CCC2(CC)CC(=O)N(c3ccccc3S(C)(=O)=O)C2)cc(OCC)c1-c1ccc(F)cc1. The Labute approximate surface area is 242 Å². The highest BCUT2D eigenvalue weighted by atomic mass is 32.2. The van der Waals surface area contributed by atoms with E-state index in [-0.39, 0.29) is 22.0 Å². The molecular weight excluding hydrogens is 543 g/mol. The van der Waals surface area contributed by atoms with Crippen LogP contribution < -0.4 is 19.7 Å². The number of ether oxygens (including phenoxy) is 2. The molecule has 4 rings (SSSR count). The smallest absolute Gasteiger partial charge is 0.227 e. The van der Waals surface area contributed by atoms with E-state index < -0.39 is 9.84 Å². The summed E-state index contributed by atoms with van der Waals surface area (Å²) in [6, 6.07) is 17.1. The first-order valence-corrected chi connectivity index (χ1v) is 16.1. The van der Waals surface area contributed by atoms with E-state index in [1.165, 1.54) is 18.4 Å². The monoisotopic (exact) mass is 583 g/mol. The van der Waals surface area contributed by atoms with E-state index in [0.717, 1.165) is 36.1 Å². The Morgan fingerprint density at radius 1 is 0.976 bits per heavy atom. The number of nitrogens with two attached hydrogens (primary N) is 1. The van der Waals surface area contributed by atoms with Crippen molar-refractivity contribution in [2.75, 3.05) is 37.5 Å². The van der Waals surface area contributed by atoms with E-state index >= 15 is 0 Å². The van der Waals surface area contributed by atoms with Gasteiger partial charge in [-0.1, -0.05) is 31.2 Å². The van der Waals surface area contributed by atoms with Gasteiger partial charge in [-0.05, 0) is 62.2 Å². The molecule has 1 fully saturated rings. The minimum Gasteiger partial charge on any atom is -0.493 e. The van der Waals surface area contributed by atoms with Crippen molar-refractivity contribution in [3.8, 4) is 22.6 Å². The number of amides is 1. The van der Waals surface area contributed by atoms with E-state index in [1.54, 1.807) is 41.3 Å². The summed E-state index contributed by atoms with van der Waals surface area (Å²) in [6.07, 6.45) is 3.20. The van der Waals surface area contributed by atoms with Crippen molar-refractivity contribution < 1.29 is 32.4 Å². The van der Waals surface area contributed by atoms with Crippen molar-refractivity contribution in [1.29, 1.82) is 0 Å². The minimum absolute atomic E-state index is 0.0398. The van der Waals surface area contributed by atoms with Crippen LogP contribution in [0.4, 0.5) is 10.1 Å². The van der Waals surface area contributed by atoms with E-state index in [2.05, 4.69) is 12.2 Å². The Kier molecular flexibility index (Phi) is 9.71. The standard InChI is InChI=1S/C32H39FN2O5S/c1-5-32(20-30(36)35(22-32)26-10-8-9-11-29(26)41(4,37)38)16-17-34-21-23-18-27(39-6-2)31(28(19-23)40-7-3)24-12-14-25(33)15-13-24/h8-15,18-19,34H,5-7,16-17,20-22H2,1-4H3/p+1. The number of nitrogens with zero attached hydrogens (tertiary/aromatic N) is 1. The van der Waals surface area contributed by atoms with Crippen LogP contribution in [-0.4, -0.2) is 46.9 Å². The van der Waals surface area contributed by atoms with Gasteiger partial charge in [-0.3, -0.25) is 4.79 Å². The molecule has 220 valence electrons. The Morgan fingerprint density at radius 2 is 1.61 bits per heavy atom. The molecule has 0 radical (unpaired) electrons. The van der Waals surface area contributed by atoms with E-state index in [9.17, 15) is 17.6 Å². The maximum absolute atomic E-state index is 13.6. The van der Waals surface area contributed by atoms with Crippen LogP contribution in [0.2, 0.25) is 0 Å². The van der Waals surface area contributed by atoms with Gasteiger partial charge in [-0.15, -0.1) is 0 Å². The third kappa shape index (κ3) is 7.08. The van der Waals surface area contributed by atoms with Gasteiger partial charge in [0.2, 0.25) is 5.91 Å². The van der Waals surface area contributed by atoms with Gasteiger partial charge < -0.3 is 19.7 Å². The average molecular weight is 584 g/mol. The lowest BCUT2D eigenvalue weighted by Gasteiger charge is -2.27. The van der Waals surface area contributed by atoms with Crippen LogP contribution in [0.5, 0.6) is 11.5 Å². The van der Waals surface area contributed by atoms with Crippen molar-refractivity contribution in [3.63, 3.8) is 0 Å². The number of quaternary nitrogens is 1. The first-order chi connectivity index (χ1) is 19.6. The molecule has 0 aromatic heterocycles. The highest BCUT2D eigenvalue weighted by Crippen LogP contribution is 2.42. The predicted molar refractivity (Wildman–Crippen MR) is 159 cm³/mol. The highest BCUT2D eigenvalue weighted by molar-refractivity contribution is 7.90. The zero-order chi connectivity index (χ0) is 29.6. The van der Waals surface area contributed by atoms with Crippen LogP contribution in [0.15, 0.2) is 65.6 Å². The number of benzene rings is 3. The molecule has 1 amide bonds. The Balaban J connectivity index is 1.48. The summed E-state index contributed by atoms with van der Waals surface area (Å²) < 4.78 is 50.3. The number of carbonyl (C=O) groups is 1. The lowest BCUT2D eigenvalue weighted by atomic mass is 9.81. The fraction of sp³-hybridized carbons (Fsp3) is 0.406. The number of anilines is 1. The Morgan fingerprint density at radius 3 is 2.20 bits per heavy atom. The number of rotatable bonds is 13. The van der Waals surface area contributed by atoms with Crippen molar-refractivity contribution >= 4 is 21.4 Å². The fourth-order valence-electron chi connectivity index (χ4n) is 5.57. The van der Waals surface area contributed by atoms with Gasteiger partial charge in [-0.2, -0.15) is 0 Å². The van der Waals surface area contributed by atoms with E-state index in [4.69, 9.17) is 9.47 Å². The molecule has 3 aromatic carbocycles. The second-order valence-corrected chi connectivity index (χ2v) is 12.6. The van der Waals surface area contributed by atoms with E-state index in [1.807, 2.05) is 26.0 Å². The minimum atomic E-state index is -3.47. The molecule has 1 unspecified atom stereocenters. The summed E-state index contributed by atoms with van der Waals surface area (Å²) in [6.45, 7) is 8.91. The van der Waals surface area contributed by atoms with Gasteiger partial charge in [-0.25, -0.2) is 12.8 Å². The van der Waals surface area contributed by atoms with Crippen LogP contribution in [0.1, 0.15) is 45.6 Å². The zero-order valence-electron chi connectivity index (χ0n) is 24.3. The third-order valence-corrected chi connectivity index (χ3v) is 8.89. The summed E-state index contributed by atoms with van der Waals surface area (Å²) >= 11 is 0. The Bertz CT molecular complexity index is 1450. The fourth-order valence-corrected chi connectivity index (χ4v) is 6.45. The van der Waals surface area contributed by atoms with Crippen LogP contribution >= 0.6 is 0 Å². The third-order valence-electron chi connectivity index (χ3n) is 7.74. The molecule has 1 saturated heterocycles. The normalized spacial score (nSPS) is 17.2. The van der Waals surface area contributed by atoms with Gasteiger partial charge in [0.15, 0.2) is 9.84 Å². The maximum atomic E-state index is 13.6. The van der Waals surface area contributed by atoms with Crippen molar-refractivity contribution in [2.24, 2.45) is 5.41 Å². The summed E-state index contributed by atoms with van der Waals surface area (Å²) in [7, 11) is -3.47. The number of para-hydroxylation sites is 1. The van der Waals surface area contributed by atoms with Gasteiger partial charge >= 0.3 is 0 Å². The lowest BCUT2D eigenvalue weighted by Crippen LogP contribution is -2.83. The molecule has 9 heteroatoms. The van der Waals surface area contributed by atoms with Gasteiger partial charge in [0.05, 0.1) is 35.9 Å². The number of halogens is 1. The second kappa shape index (κ2) is 13.0. The summed E-state index contributed by atoms with van der Waals surface area (Å²) in [5.41, 5.74) is 2.91. The molecular formula is C32H40FN2O5S+. The first-order valence-electron chi connectivity index (χ1n) is 14.2.